The largest absolute Gasteiger partial charge is 0.353 e. The molecule has 0 radical (unpaired) electrons. The average molecular weight is 287 g/mol. The van der Waals surface area contributed by atoms with Crippen LogP contribution in [-0.2, 0) is 16.0 Å². The van der Waals surface area contributed by atoms with Gasteiger partial charge < -0.3 is 14.0 Å². The van der Waals surface area contributed by atoms with Gasteiger partial charge in [0.15, 0.2) is 6.29 Å². The van der Waals surface area contributed by atoms with Crippen molar-refractivity contribution >= 4 is 17.2 Å². The molecule has 1 unspecified atom stereocenters. The monoisotopic (exact) mass is 287 g/mol. The molecule has 2 heterocycles. The third-order valence-electron chi connectivity index (χ3n) is 4.17. The highest BCUT2D eigenvalue weighted by atomic mass is 16.7. The lowest BCUT2D eigenvalue weighted by molar-refractivity contribution is -0.163. The van der Waals surface area contributed by atoms with Crippen LogP contribution < -0.4 is 0 Å². The summed E-state index contributed by atoms with van der Waals surface area (Å²) in [5.41, 5.74) is 2.94. The van der Waals surface area contributed by atoms with Crippen molar-refractivity contribution in [2.24, 2.45) is 0 Å². The second kappa shape index (κ2) is 6.41. The summed E-state index contributed by atoms with van der Waals surface area (Å²) in [7, 11) is 0. The molecule has 1 aliphatic rings. The zero-order valence-electron chi connectivity index (χ0n) is 12.4. The fraction of sp³-hybridized carbons (Fsp3) is 0.471. The van der Waals surface area contributed by atoms with E-state index in [0.29, 0.717) is 6.61 Å². The fourth-order valence-electron chi connectivity index (χ4n) is 2.88. The van der Waals surface area contributed by atoms with Crippen LogP contribution in [0.25, 0.3) is 10.9 Å². The number of carbonyl (C=O) groups excluding carboxylic acids is 1. The van der Waals surface area contributed by atoms with Crippen LogP contribution in [0, 0.1) is 6.92 Å². The summed E-state index contributed by atoms with van der Waals surface area (Å²) >= 11 is 0. The minimum absolute atomic E-state index is 0.0380. The maximum absolute atomic E-state index is 11.0. The third-order valence-corrected chi connectivity index (χ3v) is 4.17. The molecular weight excluding hydrogens is 266 g/mol. The Hall–Kier alpha value is -1.65. The van der Waals surface area contributed by atoms with Gasteiger partial charge in [-0.05, 0) is 49.9 Å². The van der Waals surface area contributed by atoms with Gasteiger partial charge in [0.05, 0.1) is 6.61 Å². The van der Waals surface area contributed by atoms with E-state index in [4.69, 9.17) is 9.47 Å². The molecule has 3 rings (SSSR count). The number of aromatic nitrogens is 1. The van der Waals surface area contributed by atoms with E-state index >= 15 is 0 Å². The van der Waals surface area contributed by atoms with Gasteiger partial charge in [-0.25, -0.2) is 0 Å². The molecule has 1 aromatic carbocycles. The lowest BCUT2D eigenvalue weighted by Crippen LogP contribution is -2.23. The van der Waals surface area contributed by atoms with Gasteiger partial charge in [-0.3, -0.25) is 4.79 Å². The summed E-state index contributed by atoms with van der Waals surface area (Å²) in [6.45, 7) is 4.24. The lowest BCUT2D eigenvalue weighted by atomic mass is 10.1. The predicted molar refractivity (Wildman–Crippen MR) is 81.6 cm³/mol. The van der Waals surface area contributed by atoms with Crippen molar-refractivity contribution in [2.75, 3.05) is 13.2 Å². The molecule has 0 amide bonds. The van der Waals surface area contributed by atoms with Crippen LogP contribution in [0.4, 0.5) is 0 Å². The highest BCUT2D eigenvalue weighted by Gasteiger charge is 2.14. The van der Waals surface area contributed by atoms with Gasteiger partial charge in [0.25, 0.3) is 0 Å². The fourth-order valence-corrected chi connectivity index (χ4v) is 2.88. The maximum Gasteiger partial charge on any atom is 0.157 e. The van der Waals surface area contributed by atoms with Crippen LogP contribution in [0.1, 0.15) is 35.2 Å². The van der Waals surface area contributed by atoms with Gasteiger partial charge in [0, 0.05) is 35.8 Å². The van der Waals surface area contributed by atoms with Crippen LogP contribution in [0.5, 0.6) is 0 Å². The van der Waals surface area contributed by atoms with Crippen LogP contribution >= 0.6 is 0 Å². The number of hydrogen-bond acceptors (Lipinski definition) is 3. The first-order valence-corrected chi connectivity index (χ1v) is 7.56. The number of ether oxygens (including phenoxy) is 2. The summed E-state index contributed by atoms with van der Waals surface area (Å²) in [6, 6.07) is 5.95. The number of aryl methyl sites for hydroxylation is 1. The summed E-state index contributed by atoms with van der Waals surface area (Å²) in [6.07, 6.45) is 6.25. The van der Waals surface area contributed by atoms with Crippen molar-refractivity contribution in [3.8, 4) is 0 Å². The highest BCUT2D eigenvalue weighted by Crippen LogP contribution is 2.22. The minimum atomic E-state index is -0.0380. The van der Waals surface area contributed by atoms with Gasteiger partial charge in [0.2, 0.25) is 0 Å². The number of hydrogen-bond donors (Lipinski definition) is 0. The van der Waals surface area contributed by atoms with Crippen molar-refractivity contribution in [1.82, 2.24) is 4.57 Å². The Morgan fingerprint density at radius 1 is 1.38 bits per heavy atom. The SMILES string of the molecule is Cc1c(C=O)ccc2c1ccn2CCOC1CCCCO1. The molecule has 4 nitrogen and oxygen atoms in total. The van der Waals surface area contributed by atoms with Crippen molar-refractivity contribution in [3.63, 3.8) is 0 Å². The lowest BCUT2D eigenvalue weighted by Gasteiger charge is -2.22. The molecule has 1 fully saturated rings. The van der Waals surface area contributed by atoms with Crippen LogP contribution in [-0.4, -0.2) is 30.4 Å². The highest BCUT2D eigenvalue weighted by molar-refractivity contribution is 5.91. The van der Waals surface area contributed by atoms with Gasteiger partial charge in [-0.2, -0.15) is 0 Å². The van der Waals surface area contributed by atoms with Gasteiger partial charge in [0.1, 0.15) is 6.29 Å². The molecule has 0 aliphatic carbocycles. The molecule has 2 aromatic rings. The number of nitrogens with zero attached hydrogens (tertiary/aromatic N) is 1. The standard InChI is InChI=1S/C17H21NO3/c1-13-14(12-19)5-6-16-15(13)7-8-18(16)9-11-21-17-4-2-3-10-20-17/h5-8,12,17H,2-4,9-11H2,1H3. The number of rotatable bonds is 5. The third kappa shape index (κ3) is 3.01. The number of aldehydes is 1. The molecular formula is C17H21NO3. The second-order valence-electron chi connectivity index (χ2n) is 5.51. The Kier molecular flexibility index (Phi) is 4.36. The van der Waals surface area contributed by atoms with Crippen LogP contribution in [0.3, 0.4) is 0 Å². The predicted octanol–water partition coefficient (Wildman–Crippen LogP) is 3.31. The van der Waals surface area contributed by atoms with Gasteiger partial charge in [-0.1, -0.05) is 0 Å². The summed E-state index contributed by atoms with van der Waals surface area (Å²) in [5, 5.41) is 1.13. The van der Waals surface area contributed by atoms with E-state index in [9.17, 15) is 4.79 Å². The summed E-state index contributed by atoms with van der Waals surface area (Å²) in [4.78, 5) is 11.0. The second-order valence-corrected chi connectivity index (χ2v) is 5.51. The van der Waals surface area contributed by atoms with E-state index in [-0.39, 0.29) is 6.29 Å². The topological polar surface area (TPSA) is 40.5 Å². The molecule has 1 aromatic heterocycles. The Balaban J connectivity index is 1.67. The van der Waals surface area contributed by atoms with E-state index in [1.165, 1.54) is 6.42 Å². The van der Waals surface area contributed by atoms with Crippen LogP contribution in [0.2, 0.25) is 0 Å². The molecule has 1 aliphatic heterocycles. The van der Waals surface area contributed by atoms with E-state index in [1.807, 2.05) is 19.1 Å². The van der Waals surface area contributed by atoms with E-state index < -0.39 is 0 Å². The smallest absolute Gasteiger partial charge is 0.157 e. The number of benzene rings is 1. The molecule has 1 atom stereocenters. The zero-order chi connectivity index (χ0) is 14.7. The van der Waals surface area contributed by atoms with Crippen molar-refractivity contribution in [2.45, 2.75) is 39.0 Å². The Morgan fingerprint density at radius 2 is 2.29 bits per heavy atom. The molecule has 0 N–H and O–H groups in total. The number of carbonyl (C=O) groups is 1. The van der Waals surface area contributed by atoms with Gasteiger partial charge >= 0.3 is 0 Å². The minimum Gasteiger partial charge on any atom is -0.353 e. The van der Waals surface area contributed by atoms with Gasteiger partial charge in [-0.15, -0.1) is 0 Å². The molecule has 21 heavy (non-hydrogen) atoms. The van der Waals surface area contributed by atoms with Crippen molar-refractivity contribution in [3.05, 3.63) is 35.5 Å². The Morgan fingerprint density at radius 3 is 3.05 bits per heavy atom. The number of fused-ring (bicyclic) bond motifs is 1. The van der Waals surface area contributed by atoms with E-state index in [2.05, 4.69) is 16.8 Å². The molecule has 0 spiro atoms. The normalized spacial score (nSPS) is 19.0. The first-order chi connectivity index (χ1) is 10.3. The molecule has 1 saturated heterocycles. The molecule has 0 saturated carbocycles. The zero-order valence-corrected chi connectivity index (χ0v) is 12.4. The Labute approximate surface area is 124 Å². The summed E-state index contributed by atoms with van der Waals surface area (Å²) in [5.74, 6) is 0. The first-order valence-electron chi connectivity index (χ1n) is 7.56. The maximum atomic E-state index is 11.0. The molecule has 4 heteroatoms. The quantitative estimate of drug-likeness (QED) is 0.792. The molecule has 112 valence electrons. The van der Waals surface area contributed by atoms with E-state index in [1.54, 1.807) is 0 Å². The van der Waals surface area contributed by atoms with E-state index in [0.717, 1.165) is 54.3 Å². The van der Waals surface area contributed by atoms with Crippen LogP contribution in [0.15, 0.2) is 24.4 Å². The summed E-state index contributed by atoms with van der Waals surface area (Å²) < 4.78 is 13.5. The average Bonchev–Trinajstić information content (AvgIpc) is 2.93. The first kappa shape index (κ1) is 14.3. The van der Waals surface area contributed by atoms with Crippen molar-refractivity contribution < 1.29 is 14.3 Å². The molecule has 0 bridgehead atoms. The van der Waals surface area contributed by atoms with Crippen molar-refractivity contribution in [1.29, 1.82) is 0 Å². The Bertz CT molecular complexity index is 626.